The van der Waals surface area contributed by atoms with Gasteiger partial charge < -0.3 is 19.7 Å². The van der Waals surface area contributed by atoms with Gasteiger partial charge in [-0.2, -0.15) is 10.1 Å². The summed E-state index contributed by atoms with van der Waals surface area (Å²) in [6, 6.07) is 11.1. The molecule has 1 aliphatic rings. The van der Waals surface area contributed by atoms with E-state index in [1.165, 1.54) is 19.3 Å². The minimum Gasteiger partial charge on any atom is -0.497 e. The molecule has 1 saturated heterocycles. The van der Waals surface area contributed by atoms with Gasteiger partial charge in [0.05, 0.1) is 19.3 Å². The Balaban J connectivity index is 1.29. The van der Waals surface area contributed by atoms with E-state index in [9.17, 15) is 4.79 Å². The quantitative estimate of drug-likeness (QED) is 0.523. The lowest BCUT2D eigenvalue weighted by Crippen LogP contribution is -2.30. The zero-order valence-electron chi connectivity index (χ0n) is 18.4. The summed E-state index contributed by atoms with van der Waals surface area (Å²) >= 11 is 0. The fourth-order valence-corrected chi connectivity index (χ4v) is 3.67. The summed E-state index contributed by atoms with van der Waals surface area (Å²) in [5.74, 6) is 2.59. The number of piperidine rings is 1. The first-order valence-corrected chi connectivity index (χ1v) is 10.8. The van der Waals surface area contributed by atoms with Gasteiger partial charge in [-0.3, -0.25) is 9.89 Å². The lowest BCUT2D eigenvalue weighted by Gasteiger charge is -2.28. The Kier molecular flexibility index (Phi) is 6.84. The molecule has 0 aliphatic carbocycles. The number of hydrogen-bond acceptors (Lipinski definition) is 7. The average Bonchev–Trinajstić information content (AvgIpc) is 3.33. The largest absolute Gasteiger partial charge is 0.497 e. The summed E-state index contributed by atoms with van der Waals surface area (Å²) in [5, 5.41) is 9.85. The van der Waals surface area contributed by atoms with Gasteiger partial charge >= 0.3 is 0 Å². The summed E-state index contributed by atoms with van der Waals surface area (Å²) in [5.41, 5.74) is 1.92. The van der Waals surface area contributed by atoms with Gasteiger partial charge in [-0.05, 0) is 44.4 Å². The van der Waals surface area contributed by atoms with Gasteiger partial charge in [0, 0.05) is 24.7 Å². The van der Waals surface area contributed by atoms with Gasteiger partial charge in [0.2, 0.25) is 5.88 Å². The van der Waals surface area contributed by atoms with Crippen LogP contribution in [0.3, 0.4) is 0 Å². The lowest BCUT2D eigenvalue weighted by molar-refractivity contribution is 0.0941. The van der Waals surface area contributed by atoms with Gasteiger partial charge in [-0.25, -0.2) is 4.98 Å². The summed E-state index contributed by atoms with van der Waals surface area (Å²) < 4.78 is 11.0. The average molecular weight is 437 g/mol. The van der Waals surface area contributed by atoms with Gasteiger partial charge in [0.15, 0.2) is 0 Å². The SMILES string of the molecule is COc1cccc(-c2cc(C(=O)NCCOc3cc(N4CCCCC4)nc(C)n3)[nH]n2)c1. The monoisotopic (exact) mass is 436 g/mol. The molecule has 0 atom stereocenters. The van der Waals surface area contributed by atoms with Crippen molar-refractivity contribution in [2.45, 2.75) is 26.2 Å². The van der Waals surface area contributed by atoms with Crippen LogP contribution >= 0.6 is 0 Å². The van der Waals surface area contributed by atoms with Crippen LogP contribution < -0.4 is 19.7 Å². The number of anilines is 1. The van der Waals surface area contributed by atoms with Crippen molar-refractivity contribution in [2.75, 3.05) is 38.3 Å². The van der Waals surface area contributed by atoms with Crippen molar-refractivity contribution in [3.8, 4) is 22.9 Å². The third kappa shape index (κ3) is 5.35. The predicted molar refractivity (Wildman–Crippen MR) is 121 cm³/mol. The second-order valence-electron chi connectivity index (χ2n) is 7.66. The summed E-state index contributed by atoms with van der Waals surface area (Å²) in [4.78, 5) is 23.6. The number of carbonyl (C=O) groups excluding carboxylic acids is 1. The Hall–Kier alpha value is -3.62. The van der Waals surface area contributed by atoms with Crippen molar-refractivity contribution in [1.82, 2.24) is 25.5 Å². The first kappa shape index (κ1) is 21.6. The maximum atomic E-state index is 12.4. The van der Waals surface area contributed by atoms with Crippen LogP contribution in [0.4, 0.5) is 5.82 Å². The molecule has 0 spiro atoms. The van der Waals surface area contributed by atoms with Crippen LogP contribution in [0.1, 0.15) is 35.6 Å². The van der Waals surface area contributed by atoms with Crippen molar-refractivity contribution >= 4 is 11.7 Å². The normalized spacial score (nSPS) is 13.6. The highest BCUT2D eigenvalue weighted by Gasteiger charge is 2.15. The number of nitrogens with zero attached hydrogens (tertiary/aromatic N) is 4. The van der Waals surface area contributed by atoms with Crippen molar-refractivity contribution in [3.63, 3.8) is 0 Å². The molecule has 0 unspecified atom stereocenters. The van der Waals surface area contributed by atoms with Crippen molar-refractivity contribution < 1.29 is 14.3 Å². The molecule has 168 valence electrons. The summed E-state index contributed by atoms with van der Waals surface area (Å²) in [7, 11) is 1.61. The van der Waals surface area contributed by atoms with E-state index in [-0.39, 0.29) is 5.91 Å². The van der Waals surface area contributed by atoms with E-state index >= 15 is 0 Å². The Morgan fingerprint density at radius 1 is 1.16 bits per heavy atom. The van der Waals surface area contributed by atoms with E-state index in [0.29, 0.717) is 36.2 Å². The number of hydrogen-bond donors (Lipinski definition) is 2. The maximum absolute atomic E-state index is 12.4. The first-order chi connectivity index (χ1) is 15.6. The predicted octanol–water partition coefficient (Wildman–Crippen LogP) is 2.98. The molecule has 1 amide bonds. The van der Waals surface area contributed by atoms with Crippen molar-refractivity contribution in [2.24, 2.45) is 0 Å². The molecule has 9 heteroatoms. The first-order valence-electron chi connectivity index (χ1n) is 10.8. The molecule has 1 fully saturated rings. The van der Waals surface area contributed by atoms with Crippen LogP contribution in [0.25, 0.3) is 11.3 Å². The smallest absolute Gasteiger partial charge is 0.269 e. The molecule has 2 aromatic heterocycles. The molecule has 3 aromatic rings. The Morgan fingerprint density at radius 3 is 2.81 bits per heavy atom. The third-order valence-electron chi connectivity index (χ3n) is 5.31. The Bertz CT molecular complexity index is 1060. The molecular weight excluding hydrogens is 408 g/mol. The molecule has 9 nitrogen and oxygen atoms in total. The number of carbonyl (C=O) groups is 1. The topological polar surface area (TPSA) is 105 Å². The molecule has 0 radical (unpaired) electrons. The fourth-order valence-electron chi connectivity index (χ4n) is 3.67. The van der Waals surface area contributed by atoms with Crippen LogP contribution in [0, 0.1) is 6.92 Å². The zero-order valence-corrected chi connectivity index (χ0v) is 18.4. The molecule has 32 heavy (non-hydrogen) atoms. The highest BCUT2D eigenvalue weighted by Crippen LogP contribution is 2.23. The Morgan fingerprint density at radius 2 is 2.00 bits per heavy atom. The van der Waals surface area contributed by atoms with E-state index in [0.717, 1.165) is 30.2 Å². The number of methoxy groups -OCH3 is 1. The molecule has 0 saturated carbocycles. The van der Waals surface area contributed by atoms with E-state index in [1.54, 1.807) is 13.2 Å². The lowest BCUT2D eigenvalue weighted by atomic mass is 10.1. The number of aryl methyl sites for hydroxylation is 1. The van der Waals surface area contributed by atoms with E-state index in [1.807, 2.05) is 37.3 Å². The number of ether oxygens (including phenoxy) is 2. The molecule has 4 rings (SSSR count). The van der Waals surface area contributed by atoms with Gasteiger partial charge in [0.25, 0.3) is 5.91 Å². The minimum absolute atomic E-state index is 0.247. The molecule has 2 N–H and O–H groups in total. The molecule has 0 bridgehead atoms. The van der Waals surface area contributed by atoms with Crippen LogP contribution in [0.5, 0.6) is 11.6 Å². The van der Waals surface area contributed by atoms with Crippen LogP contribution in [0.2, 0.25) is 0 Å². The van der Waals surface area contributed by atoms with Crippen molar-refractivity contribution in [1.29, 1.82) is 0 Å². The van der Waals surface area contributed by atoms with Gasteiger partial charge in [0.1, 0.15) is 29.7 Å². The number of amides is 1. The summed E-state index contributed by atoms with van der Waals surface area (Å²) in [6.07, 6.45) is 3.62. The standard InChI is InChI=1S/C23H28N6O3/c1-16-25-21(29-10-4-3-5-11-29)15-22(26-16)32-12-9-24-23(30)20-14-19(27-28-20)17-7-6-8-18(13-17)31-2/h6-8,13-15H,3-5,9-12H2,1-2H3,(H,24,30)(H,27,28). The third-order valence-corrected chi connectivity index (χ3v) is 5.31. The fraction of sp³-hybridized carbons (Fsp3) is 0.391. The van der Waals surface area contributed by atoms with Crippen LogP contribution in [-0.2, 0) is 0 Å². The van der Waals surface area contributed by atoms with Gasteiger partial charge in [-0.1, -0.05) is 12.1 Å². The molecule has 3 heterocycles. The number of rotatable bonds is 8. The van der Waals surface area contributed by atoms with E-state index < -0.39 is 0 Å². The molecule has 1 aliphatic heterocycles. The maximum Gasteiger partial charge on any atom is 0.269 e. The van der Waals surface area contributed by atoms with Crippen molar-refractivity contribution in [3.05, 3.63) is 47.9 Å². The number of aromatic nitrogens is 4. The second-order valence-corrected chi connectivity index (χ2v) is 7.66. The molecule has 1 aromatic carbocycles. The molecular formula is C23H28N6O3. The number of nitrogens with one attached hydrogen (secondary N) is 2. The number of aromatic amines is 1. The number of benzene rings is 1. The van der Waals surface area contributed by atoms with E-state index in [2.05, 4.69) is 30.4 Å². The van der Waals surface area contributed by atoms with Crippen LogP contribution in [-0.4, -0.2) is 59.4 Å². The van der Waals surface area contributed by atoms with Crippen LogP contribution in [0.15, 0.2) is 36.4 Å². The minimum atomic E-state index is -0.247. The zero-order chi connectivity index (χ0) is 22.3. The van der Waals surface area contributed by atoms with Gasteiger partial charge in [-0.15, -0.1) is 0 Å². The number of H-pyrrole nitrogens is 1. The second kappa shape index (κ2) is 10.1. The highest BCUT2D eigenvalue weighted by molar-refractivity contribution is 5.93. The highest BCUT2D eigenvalue weighted by atomic mass is 16.5. The summed E-state index contributed by atoms with van der Waals surface area (Å²) in [6.45, 7) is 4.52. The van der Waals surface area contributed by atoms with E-state index in [4.69, 9.17) is 9.47 Å². The Labute approximate surface area is 187 Å².